The summed E-state index contributed by atoms with van der Waals surface area (Å²) in [5, 5.41) is 0. The number of aromatic nitrogens is 1. The molecule has 0 spiro atoms. The maximum absolute atomic E-state index is 12.6. The zero-order valence-electron chi connectivity index (χ0n) is 12.7. The average molecular weight is 328 g/mol. The molecule has 1 fully saturated rings. The van der Waals surface area contributed by atoms with E-state index in [1.807, 2.05) is 23.1 Å². The zero-order chi connectivity index (χ0) is 16.7. The van der Waals surface area contributed by atoms with E-state index in [0.717, 1.165) is 31.6 Å². The van der Waals surface area contributed by atoms with Crippen LogP contribution in [0.15, 0.2) is 36.3 Å². The fourth-order valence-corrected chi connectivity index (χ4v) is 2.58. The van der Waals surface area contributed by atoms with E-state index >= 15 is 0 Å². The van der Waals surface area contributed by atoms with E-state index in [-0.39, 0.29) is 13.2 Å². The van der Waals surface area contributed by atoms with Gasteiger partial charge in [-0.15, -0.1) is 0 Å². The van der Waals surface area contributed by atoms with E-state index in [1.54, 1.807) is 6.20 Å². The Labute approximate surface area is 133 Å². The summed E-state index contributed by atoms with van der Waals surface area (Å²) in [4.78, 5) is 17.9. The Morgan fingerprint density at radius 3 is 2.61 bits per heavy atom. The summed E-state index contributed by atoms with van der Waals surface area (Å²) < 4.78 is 41.0. The SMILES string of the molecule is O=C(CN1CCC(c2ccccn2)CC1)OCCC(F)=C(F)F. The molecule has 126 valence electrons. The number of piperidine rings is 1. The van der Waals surface area contributed by atoms with Crippen LogP contribution < -0.4 is 0 Å². The molecule has 2 heterocycles. The van der Waals surface area contributed by atoms with Gasteiger partial charge in [0.25, 0.3) is 0 Å². The molecule has 1 aliphatic rings. The van der Waals surface area contributed by atoms with Crippen LogP contribution in [0, 0.1) is 0 Å². The summed E-state index contributed by atoms with van der Waals surface area (Å²) in [6.07, 6.45) is 0.615. The van der Waals surface area contributed by atoms with Gasteiger partial charge >= 0.3 is 12.0 Å². The van der Waals surface area contributed by atoms with Crippen molar-refractivity contribution in [2.45, 2.75) is 25.2 Å². The van der Waals surface area contributed by atoms with Gasteiger partial charge in [0.05, 0.1) is 13.2 Å². The van der Waals surface area contributed by atoms with Gasteiger partial charge in [-0.25, -0.2) is 4.39 Å². The highest BCUT2D eigenvalue weighted by Gasteiger charge is 2.23. The lowest BCUT2D eigenvalue weighted by Crippen LogP contribution is -2.37. The van der Waals surface area contributed by atoms with Crippen molar-refractivity contribution in [3.05, 3.63) is 42.0 Å². The summed E-state index contributed by atoms with van der Waals surface area (Å²) in [5.74, 6) is -1.67. The Balaban J connectivity index is 1.68. The Hall–Kier alpha value is -1.89. The Morgan fingerprint density at radius 1 is 1.26 bits per heavy atom. The molecule has 0 saturated carbocycles. The fourth-order valence-electron chi connectivity index (χ4n) is 2.58. The van der Waals surface area contributed by atoms with Gasteiger partial charge in [-0.2, -0.15) is 8.78 Å². The van der Waals surface area contributed by atoms with Crippen LogP contribution in [0.1, 0.15) is 30.9 Å². The molecule has 1 saturated heterocycles. The molecule has 4 nitrogen and oxygen atoms in total. The Kier molecular flexibility index (Phi) is 6.58. The van der Waals surface area contributed by atoms with Crippen LogP contribution in [-0.4, -0.2) is 42.1 Å². The number of likely N-dealkylation sites (tertiary alicyclic amines) is 1. The van der Waals surface area contributed by atoms with E-state index in [1.165, 1.54) is 0 Å². The molecule has 1 aliphatic heterocycles. The number of hydrogen-bond acceptors (Lipinski definition) is 4. The molecule has 0 aromatic carbocycles. The first-order valence-corrected chi connectivity index (χ1v) is 7.55. The molecule has 1 aromatic rings. The second-order valence-corrected chi connectivity index (χ2v) is 5.44. The molecule has 0 N–H and O–H groups in total. The maximum Gasteiger partial charge on any atom is 0.320 e. The van der Waals surface area contributed by atoms with Crippen molar-refractivity contribution in [1.29, 1.82) is 0 Å². The predicted molar refractivity (Wildman–Crippen MR) is 78.6 cm³/mol. The predicted octanol–water partition coefficient (Wildman–Crippen LogP) is 3.27. The Morgan fingerprint density at radius 2 is 2.00 bits per heavy atom. The number of esters is 1. The highest BCUT2D eigenvalue weighted by Crippen LogP contribution is 2.26. The van der Waals surface area contributed by atoms with Crippen molar-refractivity contribution < 1.29 is 22.7 Å². The molecule has 0 aliphatic carbocycles. The third-order valence-electron chi connectivity index (χ3n) is 3.84. The number of halogens is 3. The van der Waals surface area contributed by atoms with Crippen LogP contribution in [0.4, 0.5) is 13.2 Å². The summed E-state index contributed by atoms with van der Waals surface area (Å²) in [7, 11) is 0. The van der Waals surface area contributed by atoms with Crippen molar-refractivity contribution in [2.75, 3.05) is 26.2 Å². The number of rotatable bonds is 6. The highest BCUT2D eigenvalue weighted by atomic mass is 19.3. The number of pyridine rings is 1. The van der Waals surface area contributed by atoms with E-state index < -0.39 is 24.3 Å². The molecular formula is C16H19F3N2O2. The van der Waals surface area contributed by atoms with Crippen LogP contribution >= 0.6 is 0 Å². The minimum atomic E-state index is -2.36. The van der Waals surface area contributed by atoms with Crippen LogP contribution in [0.5, 0.6) is 0 Å². The third kappa shape index (κ3) is 5.67. The maximum atomic E-state index is 12.6. The smallest absolute Gasteiger partial charge is 0.320 e. The monoisotopic (exact) mass is 328 g/mol. The lowest BCUT2D eigenvalue weighted by atomic mass is 9.93. The normalized spacial score (nSPS) is 16.1. The van der Waals surface area contributed by atoms with E-state index in [9.17, 15) is 18.0 Å². The van der Waals surface area contributed by atoms with Gasteiger partial charge in [-0.3, -0.25) is 14.7 Å². The van der Waals surface area contributed by atoms with Gasteiger partial charge in [-0.1, -0.05) is 6.07 Å². The third-order valence-corrected chi connectivity index (χ3v) is 3.84. The van der Waals surface area contributed by atoms with Gasteiger partial charge in [0, 0.05) is 24.2 Å². The van der Waals surface area contributed by atoms with Crippen LogP contribution in [0.25, 0.3) is 0 Å². The summed E-state index contributed by atoms with van der Waals surface area (Å²) in [6.45, 7) is 1.21. The van der Waals surface area contributed by atoms with Crippen LogP contribution in [0.3, 0.4) is 0 Å². The minimum absolute atomic E-state index is 0.0956. The first-order valence-electron chi connectivity index (χ1n) is 7.55. The van der Waals surface area contributed by atoms with E-state index in [2.05, 4.69) is 4.98 Å². The molecule has 0 atom stereocenters. The summed E-state index contributed by atoms with van der Waals surface area (Å²) in [5.41, 5.74) is 1.06. The second-order valence-electron chi connectivity index (χ2n) is 5.44. The molecule has 1 aromatic heterocycles. The number of nitrogens with zero attached hydrogens (tertiary/aromatic N) is 2. The molecule has 23 heavy (non-hydrogen) atoms. The van der Waals surface area contributed by atoms with Crippen LogP contribution in [0.2, 0.25) is 0 Å². The van der Waals surface area contributed by atoms with Crippen molar-refractivity contribution >= 4 is 5.97 Å². The number of carbonyl (C=O) groups excluding carboxylic acids is 1. The Bertz CT molecular complexity index is 540. The van der Waals surface area contributed by atoms with Crippen LogP contribution in [-0.2, 0) is 9.53 Å². The average Bonchev–Trinajstić information content (AvgIpc) is 2.56. The molecular weight excluding hydrogens is 309 g/mol. The number of carbonyl (C=O) groups is 1. The molecule has 0 unspecified atom stereocenters. The largest absolute Gasteiger partial charge is 0.464 e. The lowest BCUT2D eigenvalue weighted by Gasteiger charge is -2.30. The highest BCUT2D eigenvalue weighted by molar-refractivity contribution is 5.71. The zero-order valence-corrected chi connectivity index (χ0v) is 12.7. The van der Waals surface area contributed by atoms with Gasteiger partial charge in [0.2, 0.25) is 0 Å². The topological polar surface area (TPSA) is 42.4 Å². The fraction of sp³-hybridized carbons (Fsp3) is 0.500. The molecule has 2 rings (SSSR count). The van der Waals surface area contributed by atoms with E-state index in [4.69, 9.17) is 4.74 Å². The van der Waals surface area contributed by atoms with E-state index in [0.29, 0.717) is 5.92 Å². The van der Waals surface area contributed by atoms with Crippen molar-refractivity contribution in [2.24, 2.45) is 0 Å². The van der Waals surface area contributed by atoms with Gasteiger partial charge in [-0.05, 0) is 38.1 Å². The second kappa shape index (κ2) is 8.67. The summed E-state index contributed by atoms with van der Waals surface area (Å²) in [6, 6.07) is 5.84. The molecule has 0 amide bonds. The van der Waals surface area contributed by atoms with Gasteiger partial charge in [0.15, 0.2) is 5.83 Å². The number of ether oxygens (including phenoxy) is 1. The first-order chi connectivity index (χ1) is 11.1. The van der Waals surface area contributed by atoms with Gasteiger partial charge in [0.1, 0.15) is 0 Å². The molecule has 7 heteroatoms. The quantitative estimate of drug-likeness (QED) is 0.752. The molecule has 0 radical (unpaired) electrons. The minimum Gasteiger partial charge on any atom is -0.464 e. The lowest BCUT2D eigenvalue weighted by molar-refractivity contribution is -0.145. The van der Waals surface area contributed by atoms with Crippen molar-refractivity contribution in [1.82, 2.24) is 9.88 Å². The summed E-state index contributed by atoms with van der Waals surface area (Å²) >= 11 is 0. The van der Waals surface area contributed by atoms with Crippen molar-refractivity contribution in [3.8, 4) is 0 Å². The first kappa shape index (κ1) is 17.5. The molecule has 0 bridgehead atoms. The number of hydrogen-bond donors (Lipinski definition) is 0. The standard InChI is InChI=1S/C16H19F3N2O2/c17-13(16(18)19)6-10-23-15(22)11-21-8-4-12(5-9-21)14-3-1-2-7-20-14/h1-3,7,12H,4-6,8-11H2. The van der Waals surface area contributed by atoms with Gasteiger partial charge < -0.3 is 4.74 Å². The van der Waals surface area contributed by atoms with Crippen molar-refractivity contribution in [3.63, 3.8) is 0 Å².